The van der Waals surface area contributed by atoms with Crippen LogP contribution in [-0.2, 0) is 6.54 Å². The van der Waals surface area contributed by atoms with Crippen molar-refractivity contribution in [2.75, 3.05) is 12.0 Å². The number of rotatable bonds is 7. The Morgan fingerprint density at radius 1 is 1.00 bits per heavy atom. The highest BCUT2D eigenvalue weighted by Crippen LogP contribution is 2.39. The lowest BCUT2D eigenvalue weighted by atomic mass is 9.96. The number of nitrogens with zero attached hydrogens (tertiary/aromatic N) is 2. The number of ether oxygens (including phenoxy) is 1. The zero-order valence-electron chi connectivity index (χ0n) is 20.1. The van der Waals surface area contributed by atoms with Gasteiger partial charge in [-0.05, 0) is 71.4 Å². The predicted octanol–water partition coefficient (Wildman–Crippen LogP) is 4.71. The van der Waals surface area contributed by atoms with Crippen molar-refractivity contribution in [1.82, 2.24) is 15.6 Å². The minimum Gasteiger partial charge on any atom is -0.496 e. The van der Waals surface area contributed by atoms with Crippen LogP contribution in [-0.4, -0.2) is 42.0 Å². The maximum absolute atomic E-state index is 13.0. The summed E-state index contributed by atoms with van der Waals surface area (Å²) in [4.78, 5) is 32.5. The van der Waals surface area contributed by atoms with E-state index in [4.69, 9.17) is 4.74 Å². The molecule has 2 amide bonds. The molecule has 0 spiro atoms. The van der Waals surface area contributed by atoms with E-state index >= 15 is 0 Å². The van der Waals surface area contributed by atoms with E-state index in [-0.39, 0.29) is 17.9 Å². The Labute approximate surface area is 219 Å². The first-order valence-electron chi connectivity index (χ1n) is 12.2. The molecule has 2 bridgehead atoms. The molecular formula is C28H29BrN4O3. The molecule has 2 saturated heterocycles. The average Bonchev–Trinajstić information content (AvgIpc) is 3.18. The third-order valence-electron chi connectivity index (χ3n) is 7.07. The van der Waals surface area contributed by atoms with Gasteiger partial charge < -0.3 is 20.3 Å². The molecule has 0 saturated carbocycles. The van der Waals surface area contributed by atoms with E-state index in [1.807, 2.05) is 54.6 Å². The second kappa shape index (κ2) is 10.7. The quantitative estimate of drug-likeness (QED) is 0.446. The topological polar surface area (TPSA) is 83.6 Å². The number of halogens is 1. The average molecular weight is 549 g/mol. The Kier molecular flexibility index (Phi) is 7.23. The molecule has 3 aromatic rings. The summed E-state index contributed by atoms with van der Waals surface area (Å²) in [5, 5.41) is 6.18. The van der Waals surface area contributed by atoms with Crippen LogP contribution in [0.15, 0.2) is 71.3 Å². The molecule has 2 aliphatic rings. The van der Waals surface area contributed by atoms with Gasteiger partial charge in [0.1, 0.15) is 11.6 Å². The molecular weight excluding hydrogens is 520 g/mol. The van der Waals surface area contributed by atoms with Gasteiger partial charge in [0.2, 0.25) is 0 Å². The fourth-order valence-corrected chi connectivity index (χ4v) is 5.94. The van der Waals surface area contributed by atoms with Gasteiger partial charge in [-0.15, -0.1) is 0 Å². The number of carbonyl (C=O) groups is 2. The van der Waals surface area contributed by atoms with Crippen molar-refractivity contribution in [1.29, 1.82) is 0 Å². The zero-order chi connectivity index (χ0) is 25.1. The van der Waals surface area contributed by atoms with Crippen molar-refractivity contribution in [3.63, 3.8) is 0 Å². The summed E-state index contributed by atoms with van der Waals surface area (Å²) in [5.74, 6) is 1.30. The first-order chi connectivity index (χ1) is 17.5. The van der Waals surface area contributed by atoms with Crippen LogP contribution >= 0.6 is 15.9 Å². The number of methoxy groups -OCH3 is 1. The van der Waals surface area contributed by atoms with E-state index in [9.17, 15) is 9.59 Å². The first kappa shape index (κ1) is 24.3. The molecule has 2 N–H and O–H groups in total. The van der Waals surface area contributed by atoms with E-state index in [0.717, 1.165) is 37.1 Å². The van der Waals surface area contributed by atoms with Crippen LogP contribution in [0.3, 0.4) is 0 Å². The summed E-state index contributed by atoms with van der Waals surface area (Å²) >= 11 is 3.49. The zero-order valence-corrected chi connectivity index (χ0v) is 21.7. The predicted molar refractivity (Wildman–Crippen MR) is 142 cm³/mol. The molecule has 0 unspecified atom stereocenters. The van der Waals surface area contributed by atoms with Gasteiger partial charge in [0.25, 0.3) is 11.8 Å². The largest absolute Gasteiger partial charge is 0.496 e. The Bertz CT molecular complexity index is 1220. The fraction of sp³-hybridized carbons (Fsp3) is 0.321. The Balaban J connectivity index is 1.20. The van der Waals surface area contributed by atoms with E-state index < -0.39 is 0 Å². The molecule has 2 aromatic carbocycles. The number of amides is 2. The summed E-state index contributed by atoms with van der Waals surface area (Å²) < 4.78 is 5.99. The number of carbonyl (C=O) groups excluding carboxylic acids is 2. The third kappa shape index (κ3) is 5.09. The molecule has 186 valence electrons. The SMILES string of the molecule is COc1cccc(C(=O)N[C@H]2C[C@H]3CC[C@@H](C2)N3c2ccc(C(=O)NCc3ccccc3)cn2)c1Br. The van der Waals surface area contributed by atoms with Crippen LogP contribution < -0.4 is 20.3 Å². The molecule has 0 aliphatic carbocycles. The molecule has 7 nitrogen and oxygen atoms in total. The maximum Gasteiger partial charge on any atom is 0.253 e. The molecule has 2 aliphatic heterocycles. The number of hydrogen-bond donors (Lipinski definition) is 2. The molecule has 2 fully saturated rings. The number of benzene rings is 2. The van der Waals surface area contributed by atoms with Crippen molar-refractivity contribution in [3.8, 4) is 5.75 Å². The Hall–Kier alpha value is -3.39. The second-order valence-corrected chi connectivity index (χ2v) is 10.1. The number of hydrogen-bond acceptors (Lipinski definition) is 5. The number of nitrogens with one attached hydrogen (secondary N) is 2. The molecule has 8 heteroatoms. The summed E-state index contributed by atoms with van der Waals surface area (Å²) in [6.07, 6.45) is 5.53. The van der Waals surface area contributed by atoms with Gasteiger partial charge in [0.05, 0.1) is 22.7 Å². The smallest absolute Gasteiger partial charge is 0.253 e. The number of aromatic nitrogens is 1. The highest BCUT2D eigenvalue weighted by molar-refractivity contribution is 9.10. The van der Waals surface area contributed by atoms with Gasteiger partial charge in [-0.2, -0.15) is 0 Å². The van der Waals surface area contributed by atoms with E-state index in [1.165, 1.54) is 0 Å². The van der Waals surface area contributed by atoms with Gasteiger partial charge in [0, 0.05) is 30.9 Å². The lowest BCUT2D eigenvalue weighted by Crippen LogP contribution is -2.50. The summed E-state index contributed by atoms with van der Waals surface area (Å²) in [7, 11) is 1.59. The molecule has 3 atom stereocenters. The number of anilines is 1. The Morgan fingerprint density at radius 2 is 1.75 bits per heavy atom. The minimum atomic E-state index is -0.133. The van der Waals surface area contributed by atoms with Gasteiger partial charge in [-0.1, -0.05) is 36.4 Å². The van der Waals surface area contributed by atoms with E-state index in [2.05, 4.69) is 36.4 Å². The summed E-state index contributed by atoms with van der Waals surface area (Å²) in [6.45, 7) is 0.483. The van der Waals surface area contributed by atoms with E-state index in [1.54, 1.807) is 19.4 Å². The van der Waals surface area contributed by atoms with Gasteiger partial charge in [-0.3, -0.25) is 9.59 Å². The highest BCUT2D eigenvalue weighted by atomic mass is 79.9. The van der Waals surface area contributed by atoms with Crippen LogP contribution in [0.4, 0.5) is 5.82 Å². The minimum absolute atomic E-state index is 0.0948. The number of pyridine rings is 1. The summed E-state index contributed by atoms with van der Waals surface area (Å²) in [6, 6.07) is 19.8. The maximum atomic E-state index is 13.0. The van der Waals surface area contributed by atoms with Gasteiger partial charge in [-0.25, -0.2) is 4.98 Å². The van der Waals surface area contributed by atoms with Crippen LogP contribution in [0.2, 0.25) is 0 Å². The lowest BCUT2D eigenvalue weighted by Gasteiger charge is -2.40. The van der Waals surface area contributed by atoms with Crippen molar-refractivity contribution in [2.45, 2.75) is 50.4 Å². The first-order valence-corrected chi connectivity index (χ1v) is 13.0. The van der Waals surface area contributed by atoms with Crippen LogP contribution in [0, 0.1) is 0 Å². The van der Waals surface area contributed by atoms with Crippen LogP contribution in [0.1, 0.15) is 52.0 Å². The van der Waals surface area contributed by atoms with Crippen LogP contribution in [0.5, 0.6) is 5.75 Å². The van der Waals surface area contributed by atoms with Crippen molar-refractivity contribution < 1.29 is 14.3 Å². The van der Waals surface area contributed by atoms with Gasteiger partial charge in [0.15, 0.2) is 0 Å². The standard InChI is InChI=1S/C28H29BrN4O3/c1-36-24-9-5-8-23(26(24)29)28(35)32-20-14-21-11-12-22(15-20)33(21)25-13-10-19(17-30-25)27(34)31-16-18-6-3-2-4-7-18/h2-10,13,17,20-22H,11-12,14-16H2,1H3,(H,31,34)(H,32,35)/t20-,21+,22-. The third-order valence-corrected chi connectivity index (χ3v) is 7.88. The van der Waals surface area contributed by atoms with E-state index in [0.29, 0.717) is 40.0 Å². The lowest BCUT2D eigenvalue weighted by molar-refractivity contribution is 0.0923. The normalized spacial score (nSPS) is 20.6. The molecule has 1 aromatic heterocycles. The highest BCUT2D eigenvalue weighted by Gasteiger charge is 2.42. The van der Waals surface area contributed by atoms with Crippen molar-refractivity contribution >= 4 is 33.6 Å². The second-order valence-electron chi connectivity index (χ2n) is 9.33. The molecule has 5 rings (SSSR count). The summed E-state index contributed by atoms with van der Waals surface area (Å²) in [5.41, 5.74) is 2.18. The number of fused-ring (bicyclic) bond motifs is 2. The molecule has 36 heavy (non-hydrogen) atoms. The molecule has 0 radical (unpaired) electrons. The van der Waals surface area contributed by atoms with Crippen LogP contribution in [0.25, 0.3) is 0 Å². The fourth-order valence-electron chi connectivity index (χ4n) is 5.33. The van der Waals surface area contributed by atoms with Crippen molar-refractivity contribution in [2.24, 2.45) is 0 Å². The molecule has 3 heterocycles. The van der Waals surface area contributed by atoms with Gasteiger partial charge >= 0.3 is 0 Å². The Morgan fingerprint density at radius 3 is 2.42 bits per heavy atom. The van der Waals surface area contributed by atoms with Crippen molar-refractivity contribution in [3.05, 3.63) is 88.0 Å². The number of piperidine rings is 1. The monoisotopic (exact) mass is 548 g/mol.